The zero-order chi connectivity index (χ0) is 50.6. The zero-order valence-electron chi connectivity index (χ0n) is 41.8. The lowest BCUT2D eigenvalue weighted by atomic mass is 10.2. The summed E-state index contributed by atoms with van der Waals surface area (Å²) in [5.41, 5.74) is 17.3. The number of pyridine rings is 3. The van der Waals surface area contributed by atoms with Crippen molar-refractivity contribution < 1.29 is 88.3 Å². The first-order valence-electron chi connectivity index (χ1n) is 22.4. The molecule has 0 saturated heterocycles. The molecule has 0 amide bonds. The predicted octanol–water partition coefficient (Wildman–Crippen LogP) is -5.38. The van der Waals surface area contributed by atoms with Gasteiger partial charge in [0.1, 0.15) is 21.0 Å². The molecular formula is C49H62Cl6N10O4S5. The lowest BCUT2D eigenvalue weighted by Crippen LogP contribution is -3.00. The number of aliphatic hydroxyl groups is 4. The molecule has 8 rings (SSSR count). The average molecular weight is 1230 g/mol. The maximum atomic E-state index is 8.98. The van der Waals surface area contributed by atoms with Crippen molar-refractivity contribution in [3.8, 4) is 0 Å². The SMILES string of the molecule is CSc1ncccc1C[n+]1cc(CCO)sc1C.Cc1c(CCO)sc[n+]1Cc1ccc(Cl)nc1.Cc1cnc(C[n+]2csc(CCO)c2C)c(N)n1.Cc1sc(CCO)c[n+]1Cc1cccnc1Cl.[Cl-].[Cl-].[Cl-].[Cl-]. The summed E-state index contributed by atoms with van der Waals surface area (Å²) in [6.07, 6.45) is 16.1. The average Bonchev–Trinajstić information content (AvgIpc) is 4.09. The molecule has 0 bridgehead atoms. The Morgan fingerprint density at radius 2 is 1.11 bits per heavy atom. The van der Waals surface area contributed by atoms with Crippen LogP contribution >= 0.6 is 80.3 Å². The molecule has 0 radical (unpaired) electrons. The topological polar surface area (TPSA) is 187 Å². The minimum Gasteiger partial charge on any atom is -1.00 e. The van der Waals surface area contributed by atoms with E-state index in [1.54, 1.807) is 81.8 Å². The molecule has 8 heterocycles. The minimum absolute atomic E-state index is 0. The number of hydrogen-bond acceptors (Lipinski definition) is 15. The summed E-state index contributed by atoms with van der Waals surface area (Å²) in [5.74, 6) is 0.483. The number of aliphatic hydroxyl groups excluding tert-OH is 4. The second-order valence-electron chi connectivity index (χ2n) is 15.8. The summed E-state index contributed by atoms with van der Waals surface area (Å²) in [4.78, 5) is 25.9. The molecule has 14 nitrogen and oxygen atoms in total. The van der Waals surface area contributed by atoms with Crippen molar-refractivity contribution in [1.82, 2.24) is 24.9 Å². The van der Waals surface area contributed by atoms with E-state index in [0.29, 0.717) is 35.5 Å². The maximum Gasteiger partial charge on any atom is 0.234 e. The Bertz CT molecular complexity index is 2870. The third kappa shape index (κ3) is 21.3. The molecule has 0 spiro atoms. The van der Waals surface area contributed by atoms with E-state index in [1.807, 2.05) is 56.1 Å². The molecule has 6 N–H and O–H groups in total. The Kier molecular flexibility index (Phi) is 33.5. The van der Waals surface area contributed by atoms with Crippen molar-refractivity contribution in [2.45, 2.75) is 91.5 Å². The number of nitrogens with two attached hydrogens (primary N) is 1. The highest BCUT2D eigenvalue weighted by Crippen LogP contribution is 2.19. The van der Waals surface area contributed by atoms with Gasteiger partial charge in [0.2, 0.25) is 21.0 Å². The first-order chi connectivity index (χ1) is 33.8. The second-order valence-corrected chi connectivity index (χ2v) is 21.8. The van der Waals surface area contributed by atoms with Gasteiger partial charge in [-0.1, -0.05) is 68.5 Å². The van der Waals surface area contributed by atoms with E-state index in [-0.39, 0.29) is 76.1 Å². The largest absolute Gasteiger partial charge is 1.00 e. The van der Waals surface area contributed by atoms with Crippen molar-refractivity contribution in [3.63, 3.8) is 0 Å². The number of aryl methyl sites for hydroxylation is 3. The summed E-state index contributed by atoms with van der Waals surface area (Å²) >= 11 is 20.2. The van der Waals surface area contributed by atoms with E-state index < -0.39 is 0 Å². The van der Waals surface area contributed by atoms with E-state index in [4.69, 9.17) is 49.4 Å². The van der Waals surface area contributed by atoms with Crippen LogP contribution in [-0.4, -0.2) is 78.0 Å². The van der Waals surface area contributed by atoms with Gasteiger partial charge >= 0.3 is 0 Å². The van der Waals surface area contributed by atoms with Gasteiger partial charge in [0.05, 0.1) is 30.8 Å². The Hall–Kier alpha value is -3.22. The summed E-state index contributed by atoms with van der Waals surface area (Å²) in [6, 6.07) is 11.7. The quantitative estimate of drug-likeness (QED) is 0.0333. The molecule has 0 aliphatic heterocycles. The van der Waals surface area contributed by atoms with Gasteiger partial charge in [0.25, 0.3) is 0 Å². The molecule has 0 atom stereocenters. The van der Waals surface area contributed by atoms with Gasteiger partial charge in [-0.05, 0) is 49.6 Å². The number of thioether (sulfide) groups is 1. The third-order valence-corrected chi connectivity index (χ3v) is 16.5. The van der Waals surface area contributed by atoms with Gasteiger partial charge in [-0.25, -0.2) is 24.9 Å². The van der Waals surface area contributed by atoms with Crippen molar-refractivity contribution in [3.05, 3.63) is 164 Å². The fraction of sp³-hybridized carbons (Fsp3) is 0.367. The van der Waals surface area contributed by atoms with E-state index in [0.717, 1.165) is 65.7 Å². The normalized spacial score (nSPS) is 10.2. The number of nitrogen functional groups attached to an aromatic ring is 1. The third-order valence-electron chi connectivity index (χ3n) is 10.7. The summed E-state index contributed by atoms with van der Waals surface area (Å²) < 4.78 is 8.62. The Morgan fingerprint density at radius 1 is 0.595 bits per heavy atom. The second kappa shape index (κ2) is 36.0. The molecule has 0 aliphatic rings. The van der Waals surface area contributed by atoms with Crippen LogP contribution in [0.3, 0.4) is 0 Å². The summed E-state index contributed by atoms with van der Waals surface area (Å²) in [7, 11) is 0. The Morgan fingerprint density at radius 3 is 1.59 bits per heavy atom. The monoisotopic (exact) mass is 1220 g/mol. The van der Waals surface area contributed by atoms with Gasteiger partial charge < -0.3 is 75.8 Å². The number of nitrogens with zero attached hydrogens (tertiary/aromatic N) is 9. The smallest absolute Gasteiger partial charge is 0.234 e. The first-order valence-corrected chi connectivity index (χ1v) is 27.7. The molecule has 8 aromatic heterocycles. The van der Waals surface area contributed by atoms with Crippen LogP contribution in [0.2, 0.25) is 10.3 Å². The molecule has 0 aromatic carbocycles. The van der Waals surface area contributed by atoms with Crippen LogP contribution in [0.1, 0.15) is 69.0 Å². The molecule has 25 heteroatoms. The van der Waals surface area contributed by atoms with E-state index >= 15 is 0 Å². The van der Waals surface area contributed by atoms with Crippen molar-refractivity contribution in [2.24, 2.45) is 0 Å². The van der Waals surface area contributed by atoms with E-state index in [1.165, 1.54) is 40.8 Å². The highest BCUT2D eigenvalue weighted by molar-refractivity contribution is 7.98. The van der Waals surface area contributed by atoms with Gasteiger partial charge in [-0.2, -0.15) is 18.3 Å². The first kappa shape index (κ1) is 68.8. The van der Waals surface area contributed by atoms with Crippen molar-refractivity contribution in [2.75, 3.05) is 38.4 Å². The zero-order valence-corrected chi connectivity index (χ0v) is 50.4. The standard InChI is InChI=1S/C13H17N2OS2.2C12H14ClN2OS.C12H17N4OS.4ClH/c1-10-15(9-12(18-10)5-7-16)8-11-4-3-6-14-13(11)17-2;1-9-11(4-5-16)17-8-15(9)7-10-2-3-12(13)14-6-10;1-9-15(8-11(17-9)4-6-16)7-10-3-2-5-14-12(10)13;1-8-5-14-10(12(13)15-8)6-16-7-18-11(3-4-17)9(16)2;;;;/h3-4,6,9,16H,5,7-8H2,1-2H3;2-3,6,8,16H,4-5,7H2,1H3;2-3,5,8,16H,4,6-7H2,1H3;5,7,17H,3-4,6H2,1-2H3,(H2,13,15);4*1H/q4*+1;;;;/p-4. The Balaban J connectivity index is 0.000000485. The van der Waals surface area contributed by atoms with Crippen LogP contribution in [-0.2, 0) is 51.9 Å². The predicted molar refractivity (Wildman–Crippen MR) is 282 cm³/mol. The Labute approximate surface area is 489 Å². The van der Waals surface area contributed by atoms with Crippen molar-refractivity contribution in [1.29, 1.82) is 0 Å². The number of hydrogen-bond donors (Lipinski definition) is 5. The van der Waals surface area contributed by atoms with Crippen molar-refractivity contribution >= 4 is 86.1 Å². The van der Waals surface area contributed by atoms with Gasteiger partial charge in [-0.3, -0.25) is 0 Å². The molecular weight excluding hydrogens is 1170 g/mol. The summed E-state index contributed by atoms with van der Waals surface area (Å²) in [6.45, 7) is 13.9. The number of halogens is 6. The number of rotatable bonds is 17. The lowest BCUT2D eigenvalue weighted by Gasteiger charge is -2.01. The molecule has 0 aliphatic carbocycles. The highest BCUT2D eigenvalue weighted by atomic mass is 35.5. The maximum absolute atomic E-state index is 8.98. The molecule has 74 heavy (non-hydrogen) atoms. The van der Waals surface area contributed by atoms with E-state index in [9.17, 15) is 0 Å². The fourth-order valence-electron chi connectivity index (χ4n) is 6.88. The summed E-state index contributed by atoms with van der Waals surface area (Å²) in [5, 5.41) is 40.4. The molecule has 0 unspecified atom stereocenters. The van der Waals surface area contributed by atoms with Crippen LogP contribution in [0.4, 0.5) is 5.82 Å². The fourth-order valence-corrected chi connectivity index (χ4v) is 11.7. The lowest BCUT2D eigenvalue weighted by molar-refractivity contribution is -0.690. The van der Waals surface area contributed by atoms with Crippen LogP contribution in [0, 0.1) is 34.6 Å². The number of aromatic nitrogens is 9. The molecule has 404 valence electrons. The van der Waals surface area contributed by atoms with Crippen LogP contribution in [0.5, 0.6) is 0 Å². The van der Waals surface area contributed by atoms with Crippen LogP contribution in [0.15, 0.2) is 89.6 Å². The van der Waals surface area contributed by atoms with E-state index in [2.05, 4.69) is 87.9 Å². The minimum atomic E-state index is 0. The number of thiazole rings is 4. The van der Waals surface area contributed by atoms with Gasteiger partial charge in [-0.15, -0.1) is 11.8 Å². The molecule has 8 aromatic rings. The highest BCUT2D eigenvalue weighted by Gasteiger charge is 2.20. The molecule has 0 saturated carbocycles. The van der Waals surface area contributed by atoms with Crippen LogP contribution in [0.25, 0.3) is 0 Å². The van der Waals surface area contributed by atoms with Gasteiger partial charge in [0.15, 0.2) is 55.8 Å². The van der Waals surface area contributed by atoms with Gasteiger partial charge in [0, 0.05) is 116 Å². The number of anilines is 1. The van der Waals surface area contributed by atoms with Crippen LogP contribution < -0.4 is 73.6 Å². The molecule has 0 fully saturated rings.